The summed E-state index contributed by atoms with van der Waals surface area (Å²) >= 11 is 0. The van der Waals surface area contributed by atoms with Crippen molar-refractivity contribution in [2.45, 2.75) is 13.0 Å². The summed E-state index contributed by atoms with van der Waals surface area (Å²) in [7, 11) is 0. The molecular weight excluding hydrogens is 209 g/mol. The number of nitrogens with one attached hydrogen (secondary N) is 2. The highest BCUT2D eigenvalue weighted by Crippen LogP contribution is 2.04. The lowest BCUT2D eigenvalue weighted by Gasteiger charge is -2.06. The van der Waals surface area contributed by atoms with Crippen LogP contribution in [0.15, 0.2) is 24.3 Å². The molecule has 0 aliphatic rings. The highest BCUT2D eigenvalue weighted by atomic mass is 19.1. The van der Waals surface area contributed by atoms with Crippen LogP contribution in [0.3, 0.4) is 0 Å². The molecule has 1 aromatic carbocycles. The summed E-state index contributed by atoms with van der Waals surface area (Å²) in [6.07, 6.45) is 0.257. The second-order valence-corrected chi connectivity index (χ2v) is 3.11. The fourth-order valence-electron chi connectivity index (χ4n) is 1.11. The Hall–Kier alpha value is -2.09. The average Bonchev–Trinajstić information content (AvgIpc) is 2.28. The number of rotatable bonds is 4. The number of hydrogen-bond donors (Lipinski definition) is 2. The molecule has 0 bridgehead atoms. The standard InChI is InChI=1S/C11H12FN3O/c12-10-5-2-1-4-9(10)8-15-11(16)14-7-3-6-13/h1-2,4-5H,3,7-8H2,(H2,14,15,16). The lowest BCUT2D eigenvalue weighted by Crippen LogP contribution is -2.35. The van der Waals surface area contributed by atoms with Crippen LogP contribution in [-0.4, -0.2) is 12.6 Å². The maximum absolute atomic E-state index is 13.1. The Morgan fingerprint density at radius 1 is 1.38 bits per heavy atom. The molecule has 84 valence electrons. The van der Waals surface area contributed by atoms with E-state index in [1.807, 2.05) is 6.07 Å². The smallest absolute Gasteiger partial charge is 0.315 e. The Kier molecular flexibility index (Phi) is 4.80. The maximum atomic E-state index is 13.1. The van der Waals surface area contributed by atoms with E-state index < -0.39 is 6.03 Å². The van der Waals surface area contributed by atoms with Gasteiger partial charge in [-0.3, -0.25) is 0 Å². The zero-order valence-corrected chi connectivity index (χ0v) is 8.66. The molecule has 2 amide bonds. The average molecular weight is 221 g/mol. The van der Waals surface area contributed by atoms with Gasteiger partial charge in [-0.05, 0) is 6.07 Å². The van der Waals surface area contributed by atoms with Crippen LogP contribution >= 0.6 is 0 Å². The quantitative estimate of drug-likeness (QED) is 0.757. The summed E-state index contributed by atoms with van der Waals surface area (Å²) in [4.78, 5) is 11.1. The molecule has 0 heterocycles. The number of nitrogens with zero attached hydrogens (tertiary/aromatic N) is 1. The molecule has 0 aliphatic carbocycles. The summed E-state index contributed by atoms with van der Waals surface area (Å²) in [6, 6.07) is 7.73. The van der Waals surface area contributed by atoms with Gasteiger partial charge < -0.3 is 10.6 Å². The topological polar surface area (TPSA) is 64.9 Å². The molecule has 0 saturated heterocycles. The number of urea groups is 1. The van der Waals surface area contributed by atoms with Crippen LogP contribution in [0.25, 0.3) is 0 Å². The fourth-order valence-corrected chi connectivity index (χ4v) is 1.11. The minimum Gasteiger partial charge on any atom is -0.337 e. The molecule has 0 saturated carbocycles. The van der Waals surface area contributed by atoms with Gasteiger partial charge in [0.1, 0.15) is 5.82 Å². The highest BCUT2D eigenvalue weighted by Gasteiger charge is 2.02. The molecule has 4 nitrogen and oxygen atoms in total. The second kappa shape index (κ2) is 6.40. The molecule has 5 heteroatoms. The van der Waals surface area contributed by atoms with E-state index in [0.29, 0.717) is 12.1 Å². The predicted octanol–water partition coefficient (Wildman–Crippen LogP) is 1.54. The number of hydrogen-bond acceptors (Lipinski definition) is 2. The van der Waals surface area contributed by atoms with Crippen molar-refractivity contribution in [1.29, 1.82) is 5.26 Å². The van der Waals surface area contributed by atoms with E-state index in [1.165, 1.54) is 6.07 Å². The van der Waals surface area contributed by atoms with Crippen molar-refractivity contribution in [3.8, 4) is 6.07 Å². The Morgan fingerprint density at radius 3 is 2.81 bits per heavy atom. The predicted molar refractivity (Wildman–Crippen MR) is 56.9 cm³/mol. The zero-order valence-electron chi connectivity index (χ0n) is 8.66. The lowest BCUT2D eigenvalue weighted by atomic mass is 10.2. The monoisotopic (exact) mass is 221 g/mol. The van der Waals surface area contributed by atoms with Gasteiger partial charge in [0.15, 0.2) is 0 Å². The zero-order chi connectivity index (χ0) is 11.8. The molecule has 1 rings (SSSR count). The molecule has 0 radical (unpaired) electrons. The van der Waals surface area contributed by atoms with Crippen molar-refractivity contribution in [1.82, 2.24) is 10.6 Å². The second-order valence-electron chi connectivity index (χ2n) is 3.11. The molecule has 0 spiro atoms. The van der Waals surface area contributed by atoms with E-state index in [-0.39, 0.29) is 18.8 Å². The Labute approximate surface area is 93.1 Å². The number of carbonyl (C=O) groups is 1. The van der Waals surface area contributed by atoms with Crippen molar-refractivity contribution >= 4 is 6.03 Å². The minimum atomic E-state index is -0.404. The highest BCUT2D eigenvalue weighted by molar-refractivity contribution is 5.73. The fraction of sp³-hybridized carbons (Fsp3) is 0.273. The first-order chi connectivity index (χ1) is 7.74. The maximum Gasteiger partial charge on any atom is 0.315 e. The Bertz CT molecular complexity index is 400. The summed E-state index contributed by atoms with van der Waals surface area (Å²) < 4.78 is 13.1. The van der Waals surface area contributed by atoms with Gasteiger partial charge in [0.2, 0.25) is 0 Å². The van der Waals surface area contributed by atoms with E-state index in [0.717, 1.165) is 0 Å². The lowest BCUT2D eigenvalue weighted by molar-refractivity contribution is 0.240. The number of nitriles is 1. The molecular formula is C11H12FN3O. The molecule has 1 aromatic rings. The first-order valence-electron chi connectivity index (χ1n) is 4.86. The number of halogens is 1. The van der Waals surface area contributed by atoms with Gasteiger partial charge in [0.25, 0.3) is 0 Å². The van der Waals surface area contributed by atoms with Crippen molar-refractivity contribution in [2.75, 3.05) is 6.54 Å². The summed E-state index contributed by atoms with van der Waals surface area (Å²) in [6.45, 7) is 0.421. The van der Waals surface area contributed by atoms with Gasteiger partial charge in [0, 0.05) is 18.7 Å². The van der Waals surface area contributed by atoms with Crippen LogP contribution in [0.2, 0.25) is 0 Å². The number of carbonyl (C=O) groups excluding carboxylic acids is 1. The third-order valence-electron chi connectivity index (χ3n) is 1.92. The number of benzene rings is 1. The van der Waals surface area contributed by atoms with Crippen LogP contribution in [-0.2, 0) is 6.54 Å². The van der Waals surface area contributed by atoms with E-state index in [1.54, 1.807) is 18.2 Å². The van der Waals surface area contributed by atoms with Crippen LogP contribution in [0.1, 0.15) is 12.0 Å². The Balaban J connectivity index is 2.32. The molecule has 16 heavy (non-hydrogen) atoms. The largest absolute Gasteiger partial charge is 0.337 e. The van der Waals surface area contributed by atoms with Crippen molar-refractivity contribution in [3.05, 3.63) is 35.6 Å². The summed E-state index contributed by atoms with van der Waals surface area (Å²) in [5.74, 6) is -0.347. The summed E-state index contributed by atoms with van der Waals surface area (Å²) in [5, 5.41) is 13.2. The molecule has 0 aromatic heterocycles. The molecule has 2 N–H and O–H groups in total. The van der Waals surface area contributed by atoms with Crippen LogP contribution in [0.5, 0.6) is 0 Å². The first kappa shape index (κ1) is 12.0. The summed E-state index contributed by atoms with van der Waals surface area (Å²) in [5.41, 5.74) is 0.429. The third kappa shape index (κ3) is 3.96. The molecule has 0 atom stereocenters. The van der Waals surface area contributed by atoms with Gasteiger partial charge in [-0.1, -0.05) is 18.2 Å². The van der Waals surface area contributed by atoms with Gasteiger partial charge in [0.05, 0.1) is 12.5 Å². The van der Waals surface area contributed by atoms with Gasteiger partial charge in [-0.2, -0.15) is 5.26 Å². The van der Waals surface area contributed by atoms with Gasteiger partial charge in [-0.25, -0.2) is 9.18 Å². The van der Waals surface area contributed by atoms with E-state index in [9.17, 15) is 9.18 Å². The normalized spacial score (nSPS) is 9.25. The van der Waals surface area contributed by atoms with E-state index in [2.05, 4.69) is 10.6 Å². The molecule has 0 fully saturated rings. The SMILES string of the molecule is N#CCCNC(=O)NCc1ccccc1F. The van der Waals surface area contributed by atoms with Crippen molar-refractivity contribution in [2.24, 2.45) is 0 Å². The van der Waals surface area contributed by atoms with Crippen molar-refractivity contribution < 1.29 is 9.18 Å². The van der Waals surface area contributed by atoms with E-state index >= 15 is 0 Å². The Morgan fingerprint density at radius 2 is 2.12 bits per heavy atom. The van der Waals surface area contributed by atoms with Crippen LogP contribution in [0.4, 0.5) is 9.18 Å². The van der Waals surface area contributed by atoms with Crippen LogP contribution < -0.4 is 10.6 Å². The molecule has 0 aliphatic heterocycles. The molecule has 0 unspecified atom stereocenters. The van der Waals surface area contributed by atoms with E-state index in [4.69, 9.17) is 5.26 Å². The third-order valence-corrected chi connectivity index (χ3v) is 1.92. The van der Waals surface area contributed by atoms with Gasteiger partial charge >= 0.3 is 6.03 Å². The minimum absolute atomic E-state index is 0.130. The van der Waals surface area contributed by atoms with Crippen LogP contribution in [0, 0.1) is 17.1 Å². The first-order valence-corrected chi connectivity index (χ1v) is 4.86. The van der Waals surface area contributed by atoms with Crippen molar-refractivity contribution in [3.63, 3.8) is 0 Å². The number of amides is 2. The van der Waals surface area contributed by atoms with Gasteiger partial charge in [-0.15, -0.1) is 0 Å².